The fourth-order valence-corrected chi connectivity index (χ4v) is 5.22. The van der Waals surface area contributed by atoms with Gasteiger partial charge in [0, 0.05) is 29.9 Å². The normalized spacial score (nSPS) is 15.1. The van der Waals surface area contributed by atoms with Gasteiger partial charge in [-0.15, -0.1) is 0 Å². The molecule has 0 saturated carbocycles. The molecule has 1 aliphatic rings. The maximum absolute atomic E-state index is 13.1. The van der Waals surface area contributed by atoms with Crippen LogP contribution in [0, 0.1) is 5.92 Å². The lowest BCUT2D eigenvalue weighted by Crippen LogP contribution is -2.40. The molecule has 8 nitrogen and oxygen atoms in total. The molecule has 0 bridgehead atoms. The van der Waals surface area contributed by atoms with Gasteiger partial charge in [0.25, 0.3) is 0 Å². The van der Waals surface area contributed by atoms with Gasteiger partial charge >= 0.3 is 5.97 Å². The Morgan fingerprint density at radius 1 is 1.03 bits per heavy atom. The Labute approximate surface area is 194 Å². The van der Waals surface area contributed by atoms with E-state index in [-0.39, 0.29) is 53.5 Å². The topological polar surface area (TPSA) is 110 Å². The Hall–Kier alpha value is -3.04. The summed E-state index contributed by atoms with van der Waals surface area (Å²) in [5, 5.41) is 2.98. The number of piperidine rings is 1. The van der Waals surface area contributed by atoms with E-state index >= 15 is 0 Å². The average molecular weight is 473 g/mol. The highest BCUT2D eigenvalue weighted by molar-refractivity contribution is 7.89. The van der Waals surface area contributed by atoms with Gasteiger partial charge < -0.3 is 10.1 Å². The van der Waals surface area contributed by atoms with E-state index in [0.29, 0.717) is 30.7 Å². The first-order chi connectivity index (χ1) is 15.7. The SMILES string of the molecule is CCOC(=O)C1CCN(S(=O)(=O)c2cccc(C(=O)CNc3cccc(C(C)=O)c3)c2)CC1. The minimum atomic E-state index is -3.79. The van der Waals surface area contributed by atoms with Crippen molar-refractivity contribution in [1.82, 2.24) is 4.31 Å². The van der Waals surface area contributed by atoms with Gasteiger partial charge in [-0.05, 0) is 51.0 Å². The van der Waals surface area contributed by atoms with Gasteiger partial charge in [-0.1, -0.05) is 24.3 Å². The molecule has 176 valence electrons. The lowest BCUT2D eigenvalue weighted by atomic mass is 9.98. The Morgan fingerprint density at radius 2 is 1.70 bits per heavy atom. The third-order valence-corrected chi connectivity index (χ3v) is 7.48. The summed E-state index contributed by atoms with van der Waals surface area (Å²) in [7, 11) is -3.79. The maximum atomic E-state index is 13.1. The summed E-state index contributed by atoms with van der Waals surface area (Å²) in [6.45, 7) is 3.90. The summed E-state index contributed by atoms with van der Waals surface area (Å²) >= 11 is 0. The number of Topliss-reactive ketones (excluding diaryl/α,β-unsaturated/α-hetero) is 2. The third-order valence-electron chi connectivity index (χ3n) is 5.59. The first-order valence-corrected chi connectivity index (χ1v) is 12.3. The molecule has 0 aromatic heterocycles. The van der Waals surface area contributed by atoms with Crippen molar-refractivity contribution in [2.24, 2.45) is 5.92 Å². The van der Waals surface area contributed by atoms with Crippen LogP contribution in [0.25, 0.3) is 0 Å². The number of nitrogens with zero attached hydrogens (tertiary/aromatic N) is 1. The maximum Gasteiger partial charge on any atom is 0.309 e. The van der Waals surface area contributed by atoms with E-state index in [2.05, 4.69) is 5.32 Å². The molecule has 0 radical (unpaired) electrons. The van der Waals surface area contributed by atoms with Crippen LogP contribution in [0.2, 0.25) is 0 Å². The summed E-state index contributed by atoms with van der Waals surface area (Å²) in [6.07, 6.45) is 0.805. The molecular weight excluding hydrogens is 444 g/mol. The molecule has 1 aliphatic heterocycles. The summed E-state index contributed by atoms with van der Waals surface area (Å²) in [5.74, 6) is -0.934. The lowest BCUT2D eigenvalue weighted by Gasteiger charge is -2.30. The first kappa shape index (κ1) is 24.6. The number of benzene rings is 2. The highest BCUT2D eigenvalue weighted by Crippen LogP contribution is 2.25. The Bertz CT molecular complexity index is 1140. The van der Waals surface area contributed by atoms with Gasteiger partial charge in [0.15, 0.2) is 11.6 Å². The van der Waals surface area contributed by atoms with E-state index in [1.165, 1.54) is 23.4 Å². The van der Waals surface area contributed by atoms with Crippen LogP contribution in [0.5, 0.6) is 0 Å². The Kier molecular flexibility index (Phi) is 7.99. The monoisotopic (exact) mass is 472 g/mol. The minimum Gasteiger partial charge on any atom is -0.466 e. The van der Waals surface area contributed by atoms with Crippen molar-refractivity contribution in [3.8, 4) is 0 Å². The molecule has 0 aliphatic carbocycles. The van der Waals surface area contributed by atoms with Crippen LogP contribution in [0.1, 0.15) is 47.4 Å². The second-order valence-corrected chi connectivity index (χ2v) is 9.81. The standard InChI is InChI=1S/C24H28N2O6S/c1-3-32-24(29)18-10-12-26(13-11-18)33(30,31)22-9-5-7-20(15-22)23(28)16-25-21-8-4-6-19(14-21)17(2)27/h4-9,14-15,18,25H,3,10-13,16H2,1-2H3. The summed E-state index contributed by atoms with van der Waals surface area (Å²) < 4.78 is 32.6. The molecular formula is C24H28N2O6S. The van der Waals surface area contributed by atoms with Crippen molar-refractivity contribution in [2.45, 2.75) is 31.6 Å². The molecule has 33 heavy (non-hydrogen) atoms. The molecule has 2 aromatic rings. The van der Waals surface area contributed by atoms with Gasteiger partial charge in [0.2, 0.25) is 10.0 Å². The molecule has 1 fully saturated rings. The molecule has 0 spiro atoms. The fourth-order valence-electron chi connectivity index (χ4n) is 3.70. The minimum absolute atomic E-state index is 0.0431. The molecule has 2 aromatic carbocycles. The van der Waals surface area contributed by atoms with Crippen molar-refractivity contribution in [1.29, 1.82) is 0 Å². The Balaban J connectivity index is 1.66. The number of carbonyl (C=O) groups is 3. The van der Waals surface area contributed by atoms with Crippen molar-refractivity contribution in [2.75, 3.05) is 31.6 Å². The summed E-state index contributed by atoms with van der Waals surface area (Å²) in [4.78, 5) is 36.2. The zero-order valence-electron chi connectivity index (χ0n) is 18.7. The Morgan fingerprint density at radius 3 is 2.36 bits per heavy atom. The smallest absolute Gasteiger partial charge is 0.309 e. The first-order valence-electron chi connectivity index (χ1n) is 10.9. The predicted molar refractivity (Wildman–Crippen MR) is 124 cm³/mol. The molecule has 0 amide bonds. The quantitative estimate of drug-likeness (QED) is 0.441. The number of ether oxygens (including phenoxy) is 1. The van der Waals surface area contributed by atoms with Crippen LogP contribution in [-0.2, 0) is 19.6 Å². The zero-order valence-corrected chi connectivity index (χ0v) is 19.6. The molecule has 0 atom stereocenters. The number of hydrogen-bond donors (Lipinski definition) is 1. The predicted octanol–water partition coefficient (Wildman–Crippen LogP) is 3.15. The number of rotatable bonds is 9. The number of nitrogens with one attached hydrogen (secondary N) is 1. The van der Waals surface area contributed by atoms with Gasteiger partial charge in [0.1, 0.15) is 0 Å². The number of hydrogen-bond acceptors (Lipinski definition) is 7. The van der Waals surface area contributed by atoms with Crippen LogP contribution in [0.4, 0.5) is 5.69 Å². The van der Waals surface area contributed by atoms with E-state index in [4.69, 9.17) is 4.74 Å². The highest BCUT2D eigenvalue weighted by atomic mass is 32.2. The summed E-state index contributed by atoms with van der Waals surface area (Å²) in [6, 6.07) is 12.8. The van der Waals surface area contributed by atoms with E-state index in [1.807, 2.05) is 0 Å². The van der Waals surface area contributed by atoms with Gasteiger partial charge in [-0.3, -0.25) is 14.4 Å². The molecule has 3 rings (SSSR count). The van der Waals surface area contributed by atoms with Crippen molar-refractivity contribution < 1.29 is 27.5 Å². The van der Waals surface area contributed by atoms with Gasteiger partial charge in [-0.25, -0.2) is 8.42 Å². The molecule has 1 heterocycles. The zero-order chi connectivity index (χ0) is 24.0. The third kappa shape index (κ3) is 6.06. The number of carbonyl (C=O) groups excluding carboxylic acids is 3. The van der Waals surface area contributed by atoms with E-state index in [0.717, 1.165) is 0 Å². The molecule has 1 saturated heterocycles. The van der Waals surface area contributed by atoms with Crippen LogP contribution < -0.4 is 5.32 Å². The molecule has 1 N–H and O–H groups in total. The highest BCUT2D eigenvalue weighted by Gasteiger charge is 2.33. The van der Waals surface area contributed by atoms with Gasteiger partial charge in [0.05, 0.1) is 24.0 Å². The average Bonchev–Trinajstić information content (AvgIpc) is 2.83. The number of ketones is 2. The van der Waals surface area contributed by atoms with Gasteiger partial charge in [-0.2, -0.15) is 4.31 Å². The van der Waals surface area contributed by atoms with E-state index in [1.54, 1.807) is 43.3 Å². The summed E-state index contributed by atoms with van der Waals surface area (Å²) in [5.41, 5.74) is 1.43. The number of anilines is 1. The van der Waals surface area contributed by atoms with Crippen molar-refractivity contribution >= 4 is 33.2 Å². The van der Waals surface area contributed by atoms with Crippen molar-refractivity contribution in [3.05, 3.63) is 59.7 Å². The van der Waals surface area contributed by atoms with E-state index in [9.17, 15) is 22.8 Å². The largest absolute Gasteiger partial charge is 0.466 e. The van der Waals surface area contributed by atoms with Crippen LogP contribution in [0.3, 0.4) is 0 Å². The van der Waals surface area contributed by atoms with Crippen LogP contribution in [0.15, 0.2) is 53.4 Å². The van der Waals surface area contributed by atoms with Crippen LogP contribution in [-0.4, -0.2) is 56.5 Å². The number of esters is 1. The molecule has 0 unspecified atom stereocenters. The number of sulfonamides is 1. The lowest BCUT2D eigenvalue weighted by molar-refractivity contribution is -0.149. The van der Waals surface area contributed by atoms with Crippen molar-refractivity contribution in [3.63, 3.8) is 0 Å². The van der Waals surface area contributed by atoms with Crippen LogP contribution >= 0.6 is 0 Å². The fraction of sp³-hybridized carbons (Fsp3) is 0.375. The second kappa shape index (κ2) is 10.7. The second-order valence-electron chi connectivity index (χ2n) is 7.87. The molecule has 9 heteroatoms. The van der Waals surface area contributed by atoms with E-state index < -0.39 is 10.0 Å².